The lowest BCUT2D eigenvalue weighted by Gasteiger charge is -2.23. The third-order valence-electron chi connectivity index (χ3n) is 2.87. The Morgan fingerprint density at radius 2 is 2.19 bits per heavy atom. The van der Waals surface area contributed by atoms with Gasteiger partial charge in [-0.05, 0) is 24.6 Å². The first kappa shape index (κ1) is 11.1. The summed E-state index contributed by atoms with van der Waals surface area (Å²) in [5.41, 5.74) is 2.21. The number of rotatable bonds is 1. The molecule has 0 fully saturated rings. The first-order valence-corrected chi connectivity index (χ1v) is 5.73. The van der Waals surface area contributed by atoms with Gasteiger partial charge in [-0.2, -0.15) is 5.26 Å². The Bertz CT molecular complexity index is 425. The van der Waals surface area contributed by atoms with Gasteiger partial charge in [0.15, 0.2) is 0 Å². The van der Waals surface area contributed by atoms with Crippen molar-refractivity contribution in [1.82, 2.24) is 0 Å². The van der Waals surface area contributed by atoms with Crippen LogP contribution in [0.3, 0.4) is 0 Å². The van der Waals surface area contributed by atoms with Crippen LogP contribution in [0, 0.1) is 11.3 Å². The monoisotopic (exact) mass is 235 g/mol. The summed E-state index contributed by atoms with van der Waals surface area (Å²) in [6.07, 6.45) is 1.06. The molecule has 0 amide bonds. The lowest BCUT2D eigenvalue weighted by Crippen LogP contribution is -2.24. The van der Waals surface area contributed by atoms with Crippen molar-refractivity contribution in [2.45, 2.75) is 6.42 Å². The van der Waals surface area contributed by atoms with Crippen molar-refractivity contribution in [2.24, 2.45) is 0 Å². The average molecular weight is 236 g/mol. The fraction of sp³-hybridized carbons (Fsp3) is 0.417. The van der Waals surface area contributed by atoms with Crippen LogP contribution in [0.5, 0.6) is 0 Å². The van der Waals surface area contributed by atoms with Crippen molar-refractivity contribution in [2.75, 3.05) is 36.5 Å². The van der Waals surface area contributed by atoms with Gasteiger partial charge in [0.25, 0.3) is 0 Å². The molecule has 0 N–H and O–H groups in total. The maximum atomic E-state index is 8.83. The minimum absolute atomic E-state index is 0.418. The highest BCUT2D eigenvalue weighted by Gasteiger charge is 2.18. The molecule has 84 valence electrons. The predicted molar refractivity (Wildman–Crippen MR) is 67.2 cm³/mol. The number of nitrogens with zero attached hydrogens (tertiary/aromatic N) is 3. The smallest absolute Gasteiger partial charge is 0.105 e. The zero-order valence-electron chi connectivity index (χ0n) is 9.28. The molecule has 16 heavy (non-hydrogen) atoms. The number of benzene rings is 1. The molecule has 2 rings (SSSR count). The van der Waals surface area contributed by atoms with E-state index in [0.717, 1.165) is 35.9 Å². The van der Waals surface area contributed by atoms with E-state index in [4.69, 9.17) is 16.9 Å². The second-order valence-electron chi connectivity index (χ2n) is 3.99. The molecule has 1 aliphatic rings. The lowest BCUT2D eigenvalue weighted by atomic mass is 10.2. The van der Waals surface area contributed by atoms with Gasteiger partial charge in [0.1, 0.15) is 6.54 Å². The number of hydrogen-bond acceptors (Lipinski definition) is 3. The first-order chi connectivity index (χ1) is 7.72. The van der Waals surface area contributed by atoms with Crippen molar-refractivity contribution in [3.05, 3.63) is 23.2 Å². The molecule has 1 aliphatic heterocycles. The maximum absolute atomic E-state index is 8.83. The molecule has 0 spiro atoms. The summed E-state index contributed by atoms with van der Waals surface area (Å²) in [5.74, 6) is 0. The summed E-state index contributed by atoms with van der Waals surface area (Å²) < 4.78 is 0. The third kappa shape index (κ3) is 2.07. The van der Waals surface area contributed by atoms with Crippen LogP contribution in [-0.2, 0) is 0 Å². The van der Waals surface area contributed by atoms with E-state index < -0.39 is 0 Å². The van der Waals surface area contributed by atoms with Gasteiger partial charge >= 0.3 is 0 Å². The highest BCUT2D eigenvalue weighted by molar-refractivity contribution is 6.31. The Morgan fingerprint density at radius 3 is 2.94 bits per heavy atom. The van der Waals surface area contributed by atoms with Gasteiger partial charge < -0.3 is 9.80 Å². The molecular formula is C12H14ClN3. The second-order valence-corrected chi connectivity index (χ2v) is 4.42. The number of fused-ring (bicyclic) bond motifs is 1. The Morgan fingerprint density at radius 1 is 1.38 bits per heavy atom. The van der Waals surface area contributed by atoms with Gasteiger partial charge in [0.05, 0.1) is 17.4 Å². The van der Waals surface area contributed by atoms with Crippen molar-refractivity contribution in [1.29, 1.82) is 5.26 Å². The molecule has 1 aromatic carbocycles. The summed E-state index contributed by atoms with van der Waals surface area (Å²) in [6, 6.07) is 8.06. The van der Waals surface area contributed by atoms with E-state index in [1.54, 1.807) is 0 Å². The summed E-state index contributed by atoms with van der Waals surface area (Å²) in [4.78, 5) is 4.30. The van der Waals surface area contributed by atoms with E-state index in [1.807, 2.05) is 18.2 Å². The van der Waals surface area contributed by atoms with Crippen LogP contribution < -0.4 is 9.80 Å². The first-order valence-electron chi connectivity index (χ1n) is 5.35. The zero-order valence-corrected chi connectivity index (χ0v) is 10.0. The van der Waals surface area contributed by atoms with Gasteiger partial charge in [0, 0.05) is 25.2 Å². The summed E-state index contributed by atoms with van der Waals surface area (Å²) in [5, 5.41) is 9.55. The van der Waals surface area contributed by atoms with Gasteiger partial charge in [0.2, 0.25) is 0 Å². The van der Waals surface area contributed by atoms with Crippen molar-refractivity contribution in [3.63, 3.8) is 0 Å². The number of nitriles is 1. The minimum atomic E-state index is 0.418. The Kier molecular flexibility index (Phi) is 3.21. The molecule has 0 saturated heterocycles. The van der Waals surface area contributed by atoms with Crippen LogP contribution in [0.4, 0.5) is 11.4 Å². The molecular weight excluding hydrogens is 222 g/mol. The van der Waals surface area contributed by atoms with Crippen LogP contribution >= 0.6 is 11.6 Å². The normalized spacial score (nSPS) is 15.3. The van der Waals surface area contributed by atoms with E-state index in [0.29, 0.717) is 6.54 Å². The molecule has 0 radical (unpaired) electrons. The van der Waals surface area contributed by atoms with Gasteiger partial charge in [-0.25, -0.2) is 0 Å². The summed E-state index contributed by atoms with van der Waals surface area (Å²) >= 11 is 6.02. The fourth-order valence-corrected chi connectivity index (χ4v) is 2.23. The van der Waals surface area contributed by atoms with E-state index >= 15 is 0 Å². The SMILES string of the molecule is CN1CCCN(CC#N)c2cc(Cl)ccc21. The van der Waals surface area contributed by atoms with Gasteiger partial charge in [-0.3, -0.25) is 0 Å². The number of anilines is 2. The Hall–Kier alpha value is -1.40. The predicted octanol–water partition coefficient (Wildman–Crippen LogP) is 2.51. The molecule has 4 heteroatoms. The Balaban J connectivity index is 2.45. The van der Waals surface area contributed by atoms with Gasteiger partial charge in [-0.1, -0.05) is 11.6 Å². The number of hydrogen-bond donors (Lipinski definition) is 0. The summed E-state index contributed by atoms with van der Waals surface area (Å²) in [6.45, 7) is 2.34. The molecule has 0 aliphatic carbocycles. The van der Waals surface area contributed by atoms with Crippen molar-refractivity contribution >= 4 is 23.0 Å². The van der Waals surface area contributed by atoms with Crippen LogP contribution in [0.1, 0.15) is 6.42 Å². The molecule has 0 unspecified atom stereocenters. The fourth-order valence-electron chi connectivity index (χ4n) is 2.06. The van der Waals surface area contributed by atoms with Crippen molar-refractivity contribution < 1.29 is 0 Å². The van der Waals surface area contributed by atoms with Crippen LogP contribution in [0.2, 0.25) is 5.02 Å². The molecule has 1 heterocycles. The molecule has 3 nitrogen and oxygen atoms in total. The maximum Gasteiger partial charge on any atom is 0.105 e. The lowest BCUT2D eigenvalue weighted by molar-refractivity contribution is 0.775. The highest BCUT2D eigenvalue weighted by atomic mass is 35.5. The molecule has 0 bridgehead atoms. The standard InChI is InChI=1S/C12H14ClN3/c1-15-6-2-7-16(8-5-14)12-9-10(13)3-4-11(12)15/h3-4,9H,2,6-8H2,1H3. The second kappa shape index (κ2) is 4.63. The van der Waals surface area contributed by atoms with E-state index in [9.17, 15) is 0 Å². The number of halogens is 1. The molecule has 0 aromatic heterocycles. The highest BCUT2D eigenvalue weighted by Crippen LogP contribution is 2.33. The van der Waals surface area contributed by atoms with E-state index in [1.165, 1.54) is 0 Å². The summed E-state index contributed by atoms with van der Waals surface area (Å²) in [7, 11) is 2.07. The minimum Gasteiger partial charge on any atom is -0.373 e. The van der Waals surface area contributed by atoms with Crippen molar-refractivity contribution in [3.8, 4) is 6.07 Å². The quantitative estimate of drug-likeness (QED) is 0.701. The van der Waals surface area contributed by atoms with E-state index in [2.05, 4.69) is 22.9 Å². The van der Waals surface area contributed by atoms with E-state index in [-0.39, 0.29) is 0 Å². The average Bonchev–Trinajstić information content (AvgIpc) is 2.40. The van der Waals surface area contributed by atoms with Crippen LogP contribution in [0.15, 0.2) is 18.2 Å². The third-order valence-corrected chi connectivity index (χ3v) is 3.11. The Labute approximate surface area is 101 Å². The molecule has 0 saturated carbocycles. The largest absolute Gasteiger partial charge is 0.373 e. The zero-order chi connectivity index (χ0) is 11.5. The van der Waals surface area contributed by atoms with Crippen LogP contribution in [0.25, 0.3) is 0 Å². The van der Waals surface area contributed by atoms with Gasteiger partial charge in [-0.15, -0.1) is 0 Å². The van der Waals surface area contributed by atoms with Crippen LogP contribution in [-0.4, -0.2) is 26.7 Å². The molecule has 1 aromatic rings. The topological polar surface area (TPSA) is 30.3 Å². The molecule has 0 atom stereocenters.